The topological polar surface area (TPSA) is 69.1 Å². The molecule has 4 rings (SSSR count). The summed E-state index contributed by atoms with van der Waals surface area (Å²) in [7, 11) is 0. The molecule has 1 amide bonds. The van der Waals surface area contributed by atoms with Crippen LogP contribution in [0.4, 0.5) is 0 Å². The molecule has 2 heterocycles. The predicted molar refractivity (Wildman–Crippen MR) is 116 cm³/mol. The zero-order valence-electron chi connectivity index (χ0n) is 15.9. The molecule has 0 radical (unpaired) electrons. The van der Waals surface area contributed by atoms with Gasteiger partial charge in [0.1, 0.15) is 0 Å². The molecule has 0 saturated carbocycles. The highest BCUT2D eigenvalue weighted by molar-refractivity contribution is 7.71. The summed E-state index contributed by atoms with van der Waals surface area (Å²) >= 11 is 11.9. The van der Waals surface area contributed by atoms with Crippen LogP contribution in [0.15, 0.2) is 54.6 Å². The number of aromatic nitrogens is 3. The van der Waals surface area contributed by atoms with E-state index in [0.717, 1.165) is 42.9 Å². The summed E-state index contributed by atoms with van der Waals surface area (Å²) < 4.78 is 4.28. The standard InChI is InChI=1S/C21H22ClN5OS/c22-16-11-9-15(10-12-16)20-24-26(14-25-13-5-4-8-18(25)19(23)28)21(29)27(20)17-6-2-1-3-7-17/h1-3,6-7,9-12,18H,4-5,8,13-14H2,(H2,23,28). The van der Waals surface area contributed by atoms with Crippen LogP contribution in [0.25, 0.3) is 17.1 Å². The van der Waals surface area contributed by atoms with Crippen LogP contribution in [0, 0.1) is 4.77 Å². The van der Waals surface area contributed by atoms with Crippen LogP contribution < -0.4 is 5.73 Å². The fourth-order valence-corrected chi connectivity index (χ4v) is 4.17. The number of hydrogen-bond donors (Lipinski definition) is 1. The number of likely N-dealkylation sites (tertiary alicyclic amines) is 1. The van der Waals surface area contributed by atoms with Gasteiger partial charge < -0.3 is 5.73 Å². The third kappa shape index (κ3) is 4.12. The number of benzene rings is 2. The zero-order valence-corrected chi connectivity index (χ0v) is 17.4. The first-order valence-electron chi connectivity index (χ1n) is 9.59. The van der Waals surface area contributed by atoms with Gasteiger partial charge in [-0.25, -0.2) is 4.68 Å². The lowest BCUT2D eigenvalue weighted by molar-refractivity contribution is -0.125. The molecule has 1 saturated heterocycles. The molecule has 1 aromatic heterocycles. The number of para-hydroxylation sites is 1. The minimum Gasteiger partial charge on any atom is -0.368 e. The van der Waals surface area contributed by atoms with E-state index in [1.807, 2.05) is 59.2 Å². The summed E-state index contributed by atoms with van der Waals surface area (Å²) in [6, 6.07) is 17.1. The number of rotatable bonds is 5. The molecule has 2 N–H and O–H groups in total. The number of carbonyl (C=O) groups excluding carboxylic acids is 1. The number of amides is 1. The van der Waals surface area contributed by atoms with Crippen molar-refractivity contribution in [1.82, 2.24) is 19.2 Å². The van der Waals surface area contributed by atoms with Crippen molar-refractivity contribution in [1.29, 1.82) is 0 Å². The van der Waals surface area contributed by atoms with Crippen LogP contribution in [0.2, 0.25) is 5.02 Å². The van der Waals surface area contributed by atoms with E-state index in [4.69, 9.17) is 34.7 Å². The van der Waals surface area contributed by atoms with Crippen molar-refractivity contribution < 1.29 is 4.79 Å². The molecule has 2 aromatic carbocycles. The van der Waals surface area contributed by atoms with E-state index in [9.17, 15) is 4.79 Å². The molecular weight excluding hydrogens is 406 g/mol. The molecule has 1 aliphatic heterocycles. The van der Waals surface area contributed by atoms with Crippen LogP contribution in [0.1, 0.15) is 19.3 Å². The molecule has 1 aliphatic rings. The fraction of sp³-hybridized carbons (Fsp3) is 0.286. The van der Waals surface area contributed by atoms with Crippen molar-refractivity contribution in [2.45, 2.75) is 32.0 Å². The second kappa shape index (κ2) is 8.49. The maximum atomic E-state index is 11.9. The van der Waals surface area contributed by atoms with Crippen LogP contribution in [-0.2, 0) is 11.5 Å². The molecule has 6 nitrogen and oxygen atoms in total. The summed E-state index contributed by atoms with van der Waals surface area (Å²) in [5, 5.41) is 5.48. The Kier molecular flexibility index (Phi) is 5.80. The molecule has 0 spiro atoms. The van der Waals surface area contributed by atoms with Gasteiger partial charge in [-0.1, -0.05) is 36.2 Å². The zero-order chi connectivity index (χ0) is 20.4. The molecule has 1 fully saturated rings. The van der Waals surface area contributed by atoms with Crippen molar-refractivity contribution in [2.24, 2.45) is 5.73 Å². The number of hydrogen-bond acceptors (Lipinski definition) is 4. The number of nitrogens with zero attached hydrogens (tertiary/aromatic N) is 4. The highest BCUT2D eigenvalue weighted by Gasteiger charge is 2.28. The number of halogens is 1. The predicted octanol–water partition coefficient (Wildman–Crippen LogP) is 4.02. The van der Waals surface area contributed by atoms with Crippen molar-refractivity contribution >= 4 is 29.7 Å². The average Bonchev–Trinajstić information content (AvgIpc) is 3.05. The van der Waals surface area contributed by atoms with Crippen molar-refractivity contribution in [3.63, 3.8) is 0 Å². The SMILES string of the molecule is NC(=O)C1CCCCN1Cn1nc(-c2ccc(Cl)cc2)n(-c2ccccc2)c1=S. The summed E-state index contributed by atoms with van der Waals surface area (Å²) in [6.07, 6.45) is 2.80. The lowest BCUT2D eigenvalue weighted by Crippen LogP contribution is -2.48. The summed E-state index contributed by atoms with van der Waals surface area (Å²) in [5.41, 5.74) is 7.47. The average molecular weight is 428 g/mol. The number of nitrogens with two attached hydrogens (primary N) is 1. The van der Waals surface area contributed by atoms with Gasteiger partial charge in [0, 0.05) is 22.8 Å². The maximum Gasteiger partial charge on any atom is 0.234 e. The molecule has 3 aromatic rings. The third-order valence-corrected chi connectivity index (χ3v) is 5.86. The first-order chi connectivity index (χ1) is 14.0. The van der Waals surface area contributed by atoms with Gasteiger partial charge in [0.15, 0.2) is 5.82 Å². The summed E-state index contributed by atoms with van der Waals surface area (Å²) in [4.78, 5) is 14.0. The summed E-state index contributed by atoms with van der Waals surface area (Å²) in [6.45, 7) is 1.22. The first-order valence-corrected chi connectivity index (χ1v) is 10.4. The highest BCUT2D eigenvalue weighted by atomic mass is 35.5. The van der Waals surface area contributed by atoms with E-state index < -0.39 is 0 Å². The molecule has 1 unspecified atom stereocenters. The van der Waals surface area contributed by atoms with E-state index in [0.29, 0.717) is 16.5 Å². The Morgan fingerprint density at radius 2 is 1.86 bits per heavy atom. The maximum absolute atomic E-state index is 11.9. The fourth-order valence-electron chi connectivity index (χ4n) is 3.75. The quantitative estimate of drug-likeness (QED) is 0.624. The number of carbonyl (C=O) groups is 1. The molecule has 0 aliphatic carbocycles. The monoisotopic (exact) mass is 427 g/mol. The van der Waals surface area contributed by atoms with Gasteiger partial charge in [-0.2, -0.15) is 0 Å². The molecule has 150 valence electrons. The van der Waals surface area contributed by atoms with E-state index in [2.05, 4.69) is 4.90 Å². The molecule has 29 heavy (non-hydrogen) atoms. The first kappa shape index (κ1) is 19.8. The molecule has 0 bridgehead atoms. The lowest BCUT2D eigenvalue weighted by Gasteiger charge is -2.33. The summed E-state index contributed by atoms with van der Waals surface area (Å²) in [5.74, 6) is 0.433. The number of primary amides is 1. The van der Waals surface area contributed by atoms with Gasteiger partial charge in [0.2, 0.25) is 10.7 Å². The molecular formula is C21H22ClN5OS. The number of piperidine rings is 1. The smallest absolute Gasteiger partial charge is 0.234 e. The van der Waals surface area contributed by atoms with Crippen LogP contribution in [-0.4, -0.2) is 37.7 Å². The highest BCUT2D eigenvalue weighted by Crippen LogP contribution is 2.25. The minimum absolute atomic E-state index is 0.286. The van der Waals surface area contributed by atoms with Crippen LogP contribution in [0.3, 0.4) is 0 Å². The lowest BCUT2D eigenvalue weighted by atomic mass is 10.0. The Balaban J connectivity index is 1.78. The largest absolute Gasteiger partial charge is 0.368 e. The third-order valence-electron chi connectivity index (χ3n) is 5.21. The van der Waals surface area contributed by atoms with E-state index >= 15 is 0 Å². The van der Waals surface area contributed by atoms with E-state index in [1.165, 1.54) is 0 Å². The van der Waals surface area contributed by atoms with Gasteiger partial charge in [0.05, 0.1) is 12.7 Å². The van der Waals surface area contributed by atoms with Gasteiger partial charge in [0.25, 0.3) is 0 Å². The van der Waals surface area contributed by atoms with Gasteiger partial charge in [-0.15, -0.1) is 5.10 Å². The Morgan fingerprint density at radius 1 is 1.14 bits per heavy atom. The second-order valence-corrected chi connectivity index (χ2v) is 7.95. The minimum atomic E-state index is -0.295. The molecule has 8 heteroatoms. The normalized spacial score (nSPS) is 17.3. The second-order valence-electron chi connectivity index (χ2n) is 7.15. The van der Waals surface area contributed by atoms with E-state index in [-0.39, 0.29) is 11.9 Å². The Hall–Kier alpha value is -2.48. The van der Waals surface area contributed by atoms with E-state index in [1.54, 1.807) is 4.68 Å². The van der Waals surface area contributed by atoms with Gasteiger partial charge in [-0.05, 0) is 61.5 Å². The Labute approximate surface area is 179 Å². The van der Waals surface area contributed by atoms with Gasteiger partial charge >= 0.3 is 0 Å². The molecule has 1 atom stereocenters. The van der Waals surface area contributed by atoms with Crippen molar-refractivity contribution in [3.05, 3.63) is 64.4 Å². The van der Waals surface area contributed by atoms with Crippen molar-refractivity contribution in [2.75, 3.05) is 6.54 Å². The van der Waals surface area contributed by atoms with Crippen LogP contribution in [0.5, 0.6) is 0 Å². The Bertz CT molecular complexity index is 1060. The van der Waals surface area contributed by atoms with Crippen molar-refractivity contribution in [3.8, 4) is 17.1 Å². The Morgan fingerprint density at radius 3 is 2.55 bits per heavy atom. The van der Waals surface area contributed by atoms with Crippen LogP contribution >= 0.6 is 23.8 Å². The van der Waals surface area contributed by atoms with Gasteiger partial charge in [-0.3, -0.25) is 14.3 Å².